The van der Waals surface area contributed by atoms with Crippen molar-refractivity contribution < 1.29 is 9.56 Å². The van der Waals surface area contributed by atoms with E-state index >= 15 is 0 Å². The molecule has 0 N–H and O–H groups in total. The van der Waals surface area contributed by atoms with Crippen molar-refractivity contribution >= 4 is 14.2 Å². The molecule has 2 nitrogen and oxygen atoms in total. The highest BCUT2D eigenvalue weighted by molar-refractivity contribution is 7.33. The van der Waals surface area contributed by atoms with E-state index in [0.717, 1.165) is 8.43 Å². The second-order valence-corrected chi connectivity index (χ2v) is 3.47. The molecule has 76 valence electrons. The van der Waals surface area contributed by atoms with E-state index in [4.69, 9.17) is 0 Å². The lowest BCUT2D eigenvalue weighted by molar-refractivity contribution is -0.133. The maximum Gasteiger partial charge on any atom is 0.130 e. The van der Waals surface area contributed by atoms with Crippen LogP contribution in [0.2, 0.25) is 0 Å². The van der Waals surface area contributed by atoms with Crippen molar-refractivity contribution in [3.63, 3.8) is 0 Å². The average Bonchev–Trinajstić information content (AvgIpc) is 2.22. The Hall–Kier alpha value is -0.330. The Morgan fingerprint density at radius 3 is 2.00 bits per heavy atom. The Kier molecular flexibility index (Phi) is 11.4. The predicted octanol–water partition coefficient (Wildman–Crippen LogP) is 4.10. The van der Waals surface area contributed by atoms with E-state index in [9.17, 15) is 0 Å². The van der Waals surface area contributed by atoms with Crippen LogP contribution in [0.4, 0.5) is 0 Å². The van der Waals surface area contributed by atoms with Gasteiger partial charge < -0.3 is 4.89 Å². The molecular weight excluding hydrogens is 183 g/mol. The summed E-state index contributed by atoms with van der Waals surface area (Å²) in [6.45, 7) is 4.49. The molecule has 0 fully saturated rings. The molecule has 0 saturated heterocycles. The zero-order valence-electron chi connectivity index (χ0n) is 8.53. The van der Waals surface area contributed by atoms with Crippen molar-refractivity contribution in [1.29, 1.82) is 0 Å². The summed E-state index contributed by atoms with van der Waals surface area (Å²) in [7, 11) is 0.764. The number of hydrogen-bond donors (Lipinski definition) is 0. The van der Waals surface area contributed by atoms with E-state index in [1.165, 1.54) is 38.4 Å². The summed E-state index contributed by atoms with van der Waals surface area (Å²) in [6, 6.07) is 0. The fourth-order valence-corrected chi connectivity index (χ4v) is 1.14. The Morgan fingerprint density at radius 1 is 1.08 bits per heavy atom. The summed E-state index contributed by atoms with van der Waals surface area (Å²) in [5.41, 5.74) is 0. The molecular formula is C10H19O2P. The summed E-state index contributed by atoms with van der Waals surface area (Å²) < 4.78 is 4.40. The van der Waals surface area contributed by atoms with Gasteiger partial charge in [0, 0.05) is 0 Å². The van der Waals surface area contributed by atoms with E-state index in [1.807, 2.05) is 5.80 Å². The molecule has 0 aliphatic carbocycles. The molecule has 0 atom stereocenters. The molecule has 0 aromatic carbocycles. The fraction of sp³-hybridized carbons (Fsp3) is 0.700. The summed E-state index contributed by atoms with van der Waals surface area (Å²) in [5, 5.41) is 0. The van der Waals surface area contributed by atoms with Crippen LogP contribution in [0.5, 0.6) is 0 Å². The highest BCUT2D eigenvalue weighted by Gasteiger charge is 1.80. The predicted molar refractivity (Wildman–Crippen MR) is 58.7 cm³/mol. The zero-order chi connectivity index (χ0) is 9.78. The third-order valence-corrected chi connectivity index (χ3v) is 2.04. The number of hydrogen-bond acceptors (Lipinski definition) is 2. The maximum absolute atomic E-state index is 4.40. The van der Waals surface area contributed by atoms with Crippen LogP contribution in [0, 0.1) is 0 Å². The molecule has 0 aromatic heterocycles. The third kappa shape index (κ3) is 11.7. The monoisotopic (exact) mass is 202 g/mol. The van der Waals surface area contributed by atoms with Crippen molar-refractivity contribution in [3.05, 3.63) is 12.3 Å². The lowest BCUT2D eigenvalue weighted by Crippen LogP contribution is -1.75. The first-order chi connectivity index (χ1) is 6.41. The molecule has 0 saturated carbocycles. The minimum Gasteiger partial charge on any atom is -0.337 e. The Labute approximate surface area is 82.8 Å². The van der Waals surface area contributed by atoms with Crippen LogP contribution in [-0.2, 0) is 9.56 Å². The SMILES string of the molecule is C1=COOP=C1.CCCCCCC. The van der Waals surface area contributed by atoms with Gasteiger partial charge in [-0.1, -0.05) is 46.0 Å². The van der Waals surface area contributed by atoms with Gasteiger partial charge in [-0.15, -0.1) is 4.67 Å². The van der Waals surface area contributed by atoms with Crippen molar-refractivity contribution in [2.75, 3.05) is 0 Å². The molecule has 0 bridgehead atoms. The first-order valence-corrected chi connectivity index (χ1v) is 5.81. The Morgan fingerprint density at radius 2 is 1.77 bits per heavy atom. The fourth-order valence-electron chi connectivity index (χ4n) is 0.854. The second-order valence-electron chi connectivity index (χ2n) is 2.81. The van der Waals surface area contributed by atoms with Crippen LogP contribution in [0.15, 0.2) is 12.3 Å². The van der Waals surface area contributed by atoms with Gasteiger partial charge >= 0.3 is 0 Å². The van der Waals surface area contributed by atoms with Crippen LogP contribution in [-0.4, -0.2) is 5.80 Å². The van der Waals surface area contributed by atoms with Crippen LogP contribution in [0.3, 0.4) is 0 Å². The van der Waals surface area contributed by atoms with E-state index in [-0.39, 0.29) is 0 Å². The van der Waals surface area contributed by atoms with Gasteiger partial charge in [0.2, 0.25) is 0 Å². The number of allylic oxidation sites excluding steroid dienone is 1. The van der Waals surface area contributed by atoms with Crippen molar-refractivity contribution in [1.82, 2.24) is 0 Å². The molecule has 1 rings (SSSR count). The summed E-state index contributed by atoms with van der Waals surface area (Å²) in [4.78, 5) is 4.35. The minimum atomic E-state index is 0.764. The summed E-state index contributed by atoms with van der Waals surface area (Å²) in [6.07, 6.45) is 10.3. The largest absolute Gasteiger partial charge is 0.337 e. The first kappa shape index (κ1) is 12.7. The Bertz CT molecular complexity index is 128. The van der Waals surface area contributed by atoms with Crippen molar-refractivity contribution in [3.8, 4) is 0 Å². The van der Waals surface area contributed by atoms with Gasteiger partial charge in [-0.05, 0) is 11.9 Å². The standard InChI is InChI=1S/C7H16.C3H3O2P/c1-3-5-7-6-4-2;1-2-4-5-6-3-1/h3-7H2,1-2H3;1-3H. The lowest BCUT2D eigenvalue weighted by Gasteiger charge is -1.91. The van der Waals surface area contributed by atoms with Gasteiger partial charge in [0.1, 0.15) is 14.7 Å². The highest BCUT2D eigenvalue weighted by atomic mass is 31.1. The lowest BCUT2D eigenvalue weighted by atomic mass is 10.2. The van der Waals surface area contributed by atoms with Crippen molar-refractivity contribution in [2.24, 2.45) is 0 Å². The molecule has 0 unspecified atom stereocenters. The van der Waals surface area contributed by atoms with Crippen molar-refractivity contribution in [2.45, 2.75) is 46.0 Å². The molecule has 1 heterocycles. The maximum atomic E-state index is 4.40. The van der Waals surface area contributed by atoms with Gasteiger partial charge in [0.15, 0.2) is 0 Å². The van der Waals surface area contributed by atoms with Gasteiger partial charge in [-0.25, -0.2) is 0 Å². The summed E-state index contributed by atoms with van der Waals surface area (Å²) in [5.74, 6) is 1.84. The van der Waals surface area contributed by atoms with E-state index < -0.39 is 0 Å². The van der Waals surface area contributed by atoms with E-state index in [0.29, 0.717) is 0 Å². The quantitative estimate of drug-likeness (QED) is 0.388. The molecule has 13 heavy (non-hydrogen) atoms. The molecule has 1 aliphatic heterocycles. The molecule has 0 radical (unpaired) electrons. The van der Waals surface area contributed by atoms with E-state index in [1.54, 1.807) is 6.08 Å². The minimum absolute atomic E-state index is 0.764. The smallest absolute Gasteiger partial charge is 0.130 e. The molecule has 0 spiro atoms. The van der Waals surface area contributed by atoms with Crippen LogP contribution in [0.25, 0.3) is 0 Å². The number of rotatable bonds is 4. The normalized spacial score (nSPS) is 14.3. The second kappa shape index (κ2) is 11.7. The average molecular weight is 202 g/mol. The molecule has 0 aromatic rings. The van der Waals surface area contributed by atoms with E-state index in [2.05, 4.69) is 23.4 Å². The van der Waals surface area contributed by atoms with Crippen LogP contribution < -0.4 is 0 Å². The third-order valence-electron chi connectivity index (χ3n) is 1.57. The van der Waals surface area contributed by atoms with Gasteiger partial charge in [0.25, 0.3) is 0 Å². The zero-order valence-corrected chi connectivity index (χ0v) is 9.43. The molecule has 3 heteroatoms. The van der Waals surface area contributed by atoms with Crippen LogP contribution >= 0.6 is 8.43 Å². The van der Waals surface area contributed by atoms with Gasteiger partial charge in [0.05, 0.1) is 0 Å². The molecule has 0 amide bonds. The topological polar surface area (TPSA) is 18.5 Å². The van der Waals surface area contributed by atoms with Gasteiger partial charge in [-0.3, -0.25) is 0 Å². The first-order valence-electron chi connectivity index (χ1n) is 4.92. The van der Waals surface area contributed by atoms with Crippen LogP contribution in [0.1, 0.15) is 46.0 Å². The van der Waals surface area contributed by atoms with Gasteiger partial charge in [-0.2, -0.15) is 0 Å². The summed E-state index contributed by atoms with van der Waals surface area (Å²) >= 11 is 0. The number of unbranched alkanes of at least 4 members (excludes halogenated alkanes) is 4. The highest BCUT2D eigenvalue weighted by Crippen LogP contribution is 2.01. The molecule has 1 aliphatic rings. The Balaban J connectivity index is 0.000000223.